The fourth-order valence-electron chi connectivity index (χ4n) is 1.78. The molecule has 1 aromatic heterocycles. The van der Waals surface area contributed by atoms with Crippen molar-refractivity contribution in [3.63, 3.8) is 0 Å². The first-order valence-electron chi connectivity index (χ1n) is 5.92. The minimum Gasteiger partial charge on any atom is -0.470 e. The lowest BCUT2D eigenvalue weighted by Crippen LogP contribution is -2.27. The van der Waals surface area contributed by atoms with Gasteiger partial charge in [0, 0.05) is 31.4 Å². The molecule has 1 saturated heterocycles. The third kappa shape index (κ3) is 2.63. The highest BCUT2D eigenvalue weighted by atomic mass is 19.1. The Hall–Kier alpha value is -1.43. The lowest BCUT2D eigenvalue weighted by atomic mass is 10.3. The zero-order valence-corrected chi connectivity index (χ0v) is 9.40. The molecule has 1 aliphatic heterocycles. The largest absolute Gasteiger partial charge is 0.470 e. The number of nitrogens with one attached hydrogen (secondary N) is 2. The Bertz CT molecular complexity index is 399. The molecule has 92 valence electrons. The number of alkyl halides is 1. The van der Waals surface area contributed by atoms with E-state index >= 15 is 0 Å². The molecular weight excluding hydrogens is 223 g/mol. The second-order valence-corrected chi connectivity index (χ2v) is 4.47. The van der Waals surface area contributed by atoms with E-state index in [2.05, 4.69) is 20.6 Å². The van der Waals surface area contributed by atoms with Gasteiger partial charge in [0.15, 0.2) is 6.17 Å². The van der Waals surface area contributed by atoms with Crippen LogP contribution < -0.4 is 15.4 Å². The van der Waals surface area contributed by atoms with Crippen LogP contribution in [0.5, 0.6) is 5.88 Å². The summed E-state index contributed by atoms with van der Waals surface area (Å²) in [4.78, 5) is 8.31. The number of halogens is 1. The summed E-state index contributed by atoms with van der Waals surface area (Å²) in [5.41, 5.74) is 0. The van der Waals surface area contributed by atoms with Gasteiger partial charge in [-0.3, -0.25) is 0 Å². The van der Waals surface area contributed by atoms with Gasteiger partial charge in [-0.1, -0.05) is 0 Å². The van der Waals surface area contributed by atoms with Gasteiger partial charge in [-0.25, -0.2) is 9.37 Å². The molecule has 2 heterocycles. The van der Waals surface area contributed by atoms with Gasteiger partial charge in [-0.05, 0) is 12.8 Å². The van der Waals surface area contributed by atoms with Gasteiger partial charge >= 0.3 is 0 Å². The molecule has 1 aromatic rings. The fourth-order valence-corrected chi connectivity index (χ4v) is 1.78. The van der Waals surface area contributed by atoms with E-state index in [0.29, 0.717) is 31.0 Å². The first kappa shape index (κ1) is 10.7. The average Bonchev–Trinajstić information content (AvgIpc) is 3.04. The van der Waals surface area contributed by atoms with Gasteiger partial charge in [0.2, 0.25) is 11.8 Å². The summed E-state index contributed by atoms with van der Waals surface area (Å²) in [5, 5.41) is 6.12. The molecule has 0 bridgehead atoms. The third-order valence-corrected chi connectivity index (χ3v) is 2.90. The smallest absolute Gasteiger partial charge is 0.226 e. The van der Waals surface area contributed by atoms with Crippen LogP contribution >= 0.6 is 0 Å². The van der Waals surface area contributed by atoms with Crippen LogP contribution in [0.15, 0.2) is 12.3 Å². The van der Waals surface area contributed by atoms with Crippen molar-refractivity contribution in [1.29, 1.82) is 0 Å². The maximum Gasteiger partial charge on any atom is 0.226 e. The molecule has 6 heteroatoms. The van der Waals surface area contributed by atoms with Crippen molar-refractivity contribution >= 4 is 5.95 Å². The maximum absolute atomic E-state index is 13.3. The third-order valence-electron chi connectivity index (χ3n) is 2.90. The number of hydrogen-bond donors (Lipinski definition) is 2. The van der Waals surface area contributed by atoms with E-state index in [4.69, 9.17) is 4.74 Å². The van der Waals surface area contributed by atoms with Crippen LogP contribution in [0.1, 0.15) is 12.8 Å². The lowest BCUT2D eigenvalue weighted by Gasteiger charge is -2.14. The van der Waals surface area contributed by atoms with Crippen molar-refractivity contribution in [2.75, 3.05) is 18.4 Å². The Labute approximate surface area is 98.8 Å². The Morgan fingerprint density at radius 3 is 3.00 bits per heavy atom. The molecular formula is C11H15FN4O. The van der Waals surface area contributed by atoms with Crippen LogP contribution in [-0.4, -0.2) is 41.4 Å². The molecule has 0 amide bonds. The predicted molar refractivity (Wildman–Crippen MR) is 60.9 cm³/mol. The topological polar surface area (TPSA) is 59.1 Å². The molecule has 0 unspecified atom stereocenters. The first-order valence-corrected chi connectivity index (χ1v) is 5.92. The predicted octanol–water partition coefficient (Wildman–Crippen LogP) is 0.740. The Balaban J connectivity index is 1.65. The minimum absolute atomic E-state index is 0.350. The highest BCUT2D eigenvalue weighted by Gasteiger charge is 2.29. The molecule has 2 N–H and O–H groups in total. The van der Waals surface area contributed by atoms with Crippen LogP contribution in [0.25, 0.3) is 0 Å². The standard InChI is InChI=1S/C11H15FN4O/c12-8-5-13-6-9(8)17-10-3-4-14-11(16-10)15-7-1-2-7/h3-4,7-9,13H,1-2,5-6H2,(H,14,15,16)/t8-,9-/m1/s1. The highest BCUT2D eigenvalue weighted by molar-refractivity contribution is 5.30. The van der Waals surface area contributed by atoms with Crippen LogP contribution in [0.3, 0.4) is 0 Å². The summed E-state index contributed by atoms with van der Waals surface area (Å²) in [5.74, 6) is 0.992. The molecule has 2 aliphatic rings. The van der Waals surface area contributed by atoms with Crippen LogP contribution in [0.2, 0.25) is 0 Å². The first-order chi connectivity index (χ1) is 8.31. The summed E-state index contributed by atoms with van der Waals surface area (Å²) < 4.78 is 18.8. The van der Waals surface area contributed by atoms with Crippen molar-refractivity contribution in [2.45, 2.75) is 31.2 Å². The second-order valence-electron chi connectivity index (χ2n) is 4.47. The molecule has 0 radical (unpaired) electrons. The summed E-state index contributed by atoms with van der Waals surface area (Å²) in [7, 11) is 0. The molecule has 17 heavy (non-hydrogen) atoms. The van der Waals surface area contributed by atoms with Gasteiger partial charge < -0.3 is 15.4 Å². The molecule has 3 rings (SSSR count). The second kappa shape index (κ2) is 4.44. The van der Waals surface area contributed by atoms with Crippen molar-refractivity contribution in [2.24, 2.45) is 0 Å². The maximum atomic E-state index is 13.3. The lowest BCUT2D eigenvalue weighted by molar-refractivity contribution is 0.134. The van der Waals surface area contributed by atoms with Gasteiger partial charge in [0.25, 0.3) is 0 Å². The zero-order valence-electron chi connectivity index (χ0n) is 9.40. The van der Waals surface area contributed by atoms with E-state index in [0.717, 1.165) is 12.8 Å². The molecule has 1 aliphatic carbocycles. The number of rotatable bonds is 4. The molecule has 2 atom stereocenters. The fraction of sp³-hybridized carbons (Fsp3) is 0.636. The molecule has 0 spiro atoms. The van der Waals surface area contributed by atoms with Crippen molar-refractivity contribution < 1.29 is 9.13 Å². The Morgan fingerprint density at radius 2 is 2.29 bits per heavy atom. The van der Waals surface area contributed by atoms with Crippen molar-refractivity contribution in [3.8, 4) is 5.88 Å². The van der Waals surface area contributed by atoms with E-state index in [1.54, 1.807) is 12.3 Å². The van der Waals surface area contributed by atoms with E-state index in [-0.39, 0.29) is 0 Å². The van der Waals surface area contributed by atoms with Crippen LogP contribution in [0, 0.1) is 0 Å². The van der Waals surface area contributed by atoms with Gasteiger partial charge in [0.1, 0.15) is 6.10 Å². The Morgan fingerprint density at radius 1 is 1.41 bits per heavy atom. The number of ether oxygens (including phenoxy) is 1. The normalized spacial score (nSPS) is 28.1. The highest BCUT2D eigenvalue weighted by Crippen LogP contribution is 2.23. The summed E-state index contributed by atoms with van der Waals surface area (Å²) in [6.45, 7) is 0.874. The van der Waals surface area contributed by atoms with Crippen molar-refractivity contribution in [1.82, 2.24) is 15.3 Å². The van der Waals surface area contributed by atoms with Crippen molar-refractivity contribution in [3.05, 3.63) is 12.3 Å². The number of nitrogens with zero attached hydrogens (tertiary/aromatic N) is 2. The molecule has 0 aromatic carbocycles. The molecule has 1 saturated carbocycles. The number of aromatic nitrogens is 2. The molecule has 5 nitrogen and oxygen atoms in total. The summed E-state index contributed by atoms with van der Waals surface area (Å²) in [6.07, 6.45) is 2.53. The van der Waals surface area contributed by atoms with E-state index in [9.17, 15) is 4.39 Å². The Kier molecular flexibility index (Phi) is 2.80. The van der Waals surface area contributed by atoms with Crippen LogP contribution in [-0.2, 0) is 0 Å². The summed E-state index contributed by atoms with van der Waals surface area (Å²) in [6, 6.07) is 2.15. The minimum atomic E-state index is -0.968. The van der Waals surface area contributed by atoms with Crippen LogP contribution in [0.4, 0.5) is 10.3 Å². The number of hydrogen-bond acceptors (Lipinski definition) is 5. The molecule has 2 fully saturated rings. The average molecular weight is 238 g/mol. The van der Waals surface area contributed by atoms with E-state index < -0.39 is 12.3 Å². The monoisotopic (exact) mass is 238 g/mol. The number of anilines is 1. The summed E-state index contributed by atoms with van der Waals surface area (Å²) >= 11 is 0. The quantitative estimate of drug-likeness (QED) is 0.810. The van der Waals surface area contributed by atoms with Gasteiger partial charge in [-0.2, -0.15) is 4.98 Å². The van der Waals surface area contributed by atoms with Gasteiger partial charge in [-0.15, -0.1) is 0 Å². The SMILES string of the molecule is F[C@@H]1CNC[C@H]1Oc1ccnc(NC2CC2)n1. The van der Waals surface area contributed by atoms with E-state index in [1.807, 2.05) is 0 Å². The zero-order chi connectivity index (χ0) is 11.7. The van der Waals surface area contributed by atoms with Gasteiger partial charge in [0.05, 0.1) is 0 Å². The van der Waals surface area contributed by atoms with E-state index in [1.165, 1.54) is 0 Å².